The number of carbonyl (C=O) groups excluding carboxylic acids is 2. The Balaban J connectivity index is 1.96. The number of Topliss-reactive ketones (excluding diaryl/α,β-unsaturated/α-hetero) is 1. The Kier molecular flexibility index (Phi) is 4.58. The molecular formula is C21H21ClN4O3. The summed E-state index contributed by atoms with van der Waals surface area (Å²) in [5.41, 5.74) is 4.15. The first-order valence-corrected chi connectivity index (χ1v) is 9.67. The lowest BCUT2D eigenvalue weighted by Crippen LogP contribution is -2.40. The van der Waals surface area contributed by atoms with Crippen LogP contribution in [0.1, 0.15) is 50.7 Å². The molecule has 7 nitrogen and oxygen atoms in total. The summed E-state index contributed by atoms with van der Waals surface area (Å²) in [4.78, 5) is 29.0. The molecule has 1 amide bonds. The molecule has 2 heterocycles. The summed E-state index contributed by atoms with van der Waals surface area (Å²) >= 11 is 6.06. The Morgan fingerprint density at radius 1 is 1.31 bits per heavy atom. The maximum atomic E-state index is 13.2. The predicted octanol–water partition coefficient (Wildman–Crippen LogP) is 3.27. The van der Waals surface area contributed by atoms with Crippen molar-refractivity contribution in [1.29, 1.82) is 5.41 Å². The molecule has 1 aromatic carbocycles. The van der Waals surface area contributed by atoms with Gasteiger partial charge in [-0.3, -0.25) is 20.4 Å². The number of ketones is 1. The van der Waals surface area contributed by atoms with Crippen LogP contribution in [-0.4, -0.2) is 21.4 Å². The van der Waals surface area contributed by atoms with Gasteiger partial charge in [0, 0.05) is 36.3 Å². The third kappa shape index (κ3) is 3.46. The third-order valence-corrected chi connectivity index (χ3v) is 5.43. The van der Waals surface area contributed by atoms with Crippen LogP contribution >= 0.6 is 11.6 Å². The molecule has 1 aromatic heterocycles. The van der Waals surface area contributed by atoms with Crippen molar-refractivity contribution in [3.63, 3.8) is 0 Å². The topological polar surface area (TPSA) is 97.1 Å². The van der Waals surface area contributed by atoms with Crippen LogP contribution in [0, 0.1) is 10.8 Å². The van der Waals surface area contributed by atoms with Crippen molar-refractivity contribution in [3.8, 4) is 5.88 Å². The number of fused-ring (bicyclic) bond motifs is 1. The van der Waals surface area contributed by atoms with E-state index in [0.29, 0.717) is 34.8 Å². The molecule has 2 aliphatic rings. The Bertz CT molecular complexity index is 1120. The fraction of sp³-hybridized carbons (Fsp3) is 0.333. The number of nitrogens with zero attached hydrogens (tertiary/aromatic N) is 2. The zero-order valence-electron chi connectivity index (χ0n) is 16.4. The largest absolute Gasteiger partial charge is 0.442 e. The van der Waals surface area contributed by atoms with Crippen molar-refractivity contribution in [2.45, 2.75) is 39.5 Å². The second-order valence-corrected chi connectivity index (χ2v) is 8.65. The van der Waals surface area contributed by atoms with Crippen LogP contribution in [0.4, 0.5) is 0 Å². The minimum absolute atomic E-state index is 0.00354. The quantitative estimate of drug-likeness (QED) is 0.790. The molecule has 150 valence electrons. The number of benzene rings is 1. The number of nitrogens with one attached hydrogen (secondary N) is 2. The van der Waals surface area contributed by atoms with Gasteiger partial charge in [0.15, 0.2) is 11.3 Å². The lowest BCUT2D eigenvalue weighted by molar-refractivity contribution is -0.119. The van der Waals surface area contributed by atoms with Gasteiger partial charge < -0.3 is 4.74 Å². The average Bonchev–Trinajstić information content (AvgIpc) is 2.62. The normalized spacial score (nSPS) is 19.9. The molecule has 0 spiro atoms. The van der Waals surface area contributed by atoms with E-state index in [1.165, 1.54) is 17.9 Å². The van der Waals surface area contributed by atoms with Crippen LogP contribution < -0.4 is 15.7 Å². The van der Waals surface area contributed by atoms with Gasteiger partial charge in [-0.1, -0.05) is 37.6 Å². The first kappa shape index (κ1) is 19.4. The van der Waals surface area contributed by atoms with Crippen molar-refractivity contribution >= 4 is 23.3 Å². The van der Waals surface area contributed by atoms with Crippen molar-refractivity contribution < 1.29 is 14.3 Å². The molecule has 0 radical (unpaired) electrons. The number of ether oxygens (including phenoxy) is 1. The number of hydrogen-bond acceptors (Lipinski definition) is 5. The monoisotopic (exact) mass is 412 g/mol. The van der Waals surface area contributed by atoms with Gasteiger partial charge in [0.25, 0.3) is 0 Å². The van der Waals surface area contributed by atoms with Crippen LogP contribution in [-0.2, 0) is 9.59 Å². The first-order chi connectivity index (χ1) is 13.7. The van der Waals surface area contributed by atoms with E-state index in [9.17, 15) is 9.59 Å². The Labute approximate surface area is 172 Å². The molecule has 4 rings (SSSR count). The van der Waals surface area contributed by atoms with E-state index in [-0.39, 0.29) is 28.5 Å². The molecule has 1 aliphatic carbocycles. The SMILES string of the molecule is CC(=O)Nn1cnc2c(c1=N)C(c1ccc(Cl)cc1)C1=C(CC(C)(C)CC1=O)O2. The second kappa shape index (κ2) is 6.84. The van der Waals surface area contributed by atoms with Gasteiger partial charge in [-0.05, 0) is 23.1 Å². The maximum absolute atomic E-state index is 13.2. The van der Waals surface area contributed by atoms with Gasteiger partial charge in [0.1, 0.15) is 12.1 Å². The van der Waals surface area contributed by atoms with Gasteiger partial charge in [-0.15, -0.1) is 0 Å². The van der Waals surface area contributed by atoms with Crippen LogP contribution in [0.2, 0.25) is 5.02 Å². The first-order valence-electron chi connectivity index (χ1n) is 9.29. The van der Waals surface area contributed by atoms with Gasteiger partial charge in [0.2, 0.25) is 11.8 Å². The van der Waals surface area contributed by atoms with E-state index < -0.39 is 5.92 Å². The molecule has 2 N–H and O–H groups in total. The van der Waals surface area contributed by atoms with Crippen molar-refractivity contribution in [2.24, 2.45) is 5.41 Å². The molecule has 0 fully saturated rings. The van der Waals surface area contributed by atoms with Gasteiger partial charge in [-0.2, -0.15) is 0 Å². The van der Waals surface area contributed by atoms with E-state index in [0.717, 1.165) is 5.56 Å². The summed E-state index contributed by atoms with van der Waals surface area (Å²) in [5, 5.41) is 9.24. The summed E-state index contributed by atoms with van der Waals surface area (Å²) < 4.78 is 7.27. The highest BCUT2D eigenvalue weighted by atomic mass is 35.5. The Hall–Kier alpha value is -2.93. The second-order valence-electron chi connectivity index (χ2n) is 8.21. The molecule has 1 unspecified atom stereocenters. The van der Waals surface area contributed by atoms with Gasteiger partial charge in [-0.25, -0.2) is 9.66 Å². The average molecular weight is 413 g/mol. The number of amides is 1. The van der Waals surface area contributed by atoms with Crippen molar-refractivity contribution in [1.82, 2.24) is 9.66 Å². The van der Waals surface area contributed by atoms with Crippen molar-refractivity contribution in [2.75, 3.05) is 5.43 Å². The number of carbonyl (C=O) groups is 2. The Morgan fingerprint density at radius 2 is 2.00 bits per heavy atom. The zero-order chi connectivity index (χ0) is 20.9. The van der Waals surface area contributed by atoms with Crippen LogP contribution in [0.5, 0.6) is 5.88 Å². The lowest BCUT2D eigenvalue weighted by Gasteiger charge is -2.37. The number of allylic oxidation sites excluding steroid dienone is 2. The van der Waals surface area contributed by atoms with Gasteiger partial charge in [0.05, 0.1) is 5.56 Å². The number of halogens is 1. The highest BCUT2D eigenvalue weighted by Crippen LogP contribution is 2.48. The van der Waals surface area contributed by atoms with E-state index in [2.05, 4.69) is 10.4 Å². The Morgan fingerprint density at radius 3 is 2.66 bits per heavy atom. The summed E-state index contributed by atoms with van der Waals surface area (Å²) in [6.07, 6.45) is 2.34. The molecular weight excluding hydrogens is 392 g/mol. The smallest absolute Gasteiger partial charge is 0.235 e. The summed E-state index contributed by atoms with van der Waals surface area (Å²) in [6.45, 7) is 5.42. The standard InChI is InChI=1S/C21H21ClN4O3/c1-11(27)25-26-10-24-20-18(19(26)23)16(12-4-6-13(22)7-5-12)17-14(28)8-21(2,3)9-15(17)29-20/h4-7,10,16,23H,8-9H2,1-3H3,(H,25,27). The molecule has 29 heavy (non-hydrogen) atoms. The molecule has 0 saturated heterocycles. The number of hydrogen-bond donors (Lipinski definition) is 2. The third-order valence-electron chi connectivity index (χ3n) is 5.17. The molecule has 0 bridgehead atoms. The highest BCUT2D eigenvalue weighted by molar-refractivity contribution is 6.30. The highest BCUT2D eigenvalue weighted by Gasteiger charge is 2.43. The molecule has 1 aliphatic heterocycles. The van der Waals surface area contributed by atoms with E-state index in [1.54, 1.807) is 12.1 Å². The van der Waals surface area contributed by atoms with Crippen molar-refractivity contribution in [3.05, 3.63) is 63.6 Å². The minimum atomic E-state index is -0.518. The fourth-order valence-electron chi connectivity index (χ4n) is 4.00. The minimum Gasteiger partial charge on any atom is -0.442 e. The van der Waals surface area contributed by atoms with E-state index in [1.807, 2.05) is 26.0 Å². The molecule has 0 saturated carbocycles. The summed E-state index contributed by atoms with van der Waals surface area (Å²) in [6, 6.07) is 7.20. The number of rotatable bonds is 2. The van der Waals surface area contributed by atoms with Crippen LogP contribution in [0.3, 0.4) is 0 Å². The van der Waals surface area contributed by atoms with E-state index >= 15 is 0 Å². The fourth-order valence-corrected chi connectivity index (χ4v) is 4.13. The van der Waals surface area contributed by atoms with Crippen LogP contribution in [0.15, 0.2) is 41.9 Å². The van der Waals surface area contributed by atoms with Crippen LogP contribution in [0.25, 0.3) is 0 Å². The molecule has 2 aromatic rings. The molecule has 8 heteroatoms. The van der Waals surface area contributed by atoms with E-state index in [4.69, 9.17) is 21.7 Å². The zero-order valence-corrected chi connectivity index (χ0v) is 17.1. The lowest BCUT2D eigenvalue weighted by atomic mass is 9.70. The number of aromatic nitrogens is 2. The predicted molar refractivity (Wildman–Crippen MR) is 107 cm³/mol. The summed E-state index contributed by atoms with van der Waals surface area (Å²) in [5.74, 6) is 0.0242. The maximum Gasteiger partial charge on any atom is 0.235 e. The summed E-state index contributed by atoms with van der Waals surface area (Å²) in [7, 11) is 0. The molecule has 1 atom stereocenters. The van der Waals surface area contributed by atoms with Gasteiger partial charge >= 0.3 is 0 Å².